The lowest BCUT2D eigenvalue weighted by Crippen LogP contribution is -2.47. The summed E-state index contributed by atoms with van der Waals surface area (Å²) in [5.41, 5.74) is 4.19. The van der Waals surface area contributed by atoms with Gasteiger partial charge >= 0.3 is 0 Å². The van der Waals surface area contributed by atoms with E-state index in [0.29, 0.717) is 0 Å². The van der Waals surface area contributed by atoms with E-state index < -0.39 is 0 Å². The van der Waals surface area contributed by atoms with Crippen molar-refractivity contribution in [3.05, 3.63) is 51.2 Å². The Bertz CT molecular complexity index is 754. The van der Waals surface area contributed by atoms with Gasteiger partial charge in [0.15, 0.2) is 0 Å². The molecular formula is C21H29N3OS2. The largest absolute Gasteiger partial charge is 0.369 e. The molecule has 3 rings (SSSR count). The minimum Gasteiger partial charge on any atom is -0.369 e. The highest BCUT2D eigenvalue weighted by molar-refractivity contribution is 8.01. The maximum atomic E-state index is 10.6. The van der Waals surface area contributed by atoms with Gasteiger partial charge in [-0.3, -0.25) is 4.90 Å². The molecule has 0 spiro atoms. The first kappa shape index (κ1) is 20.4. The van der Waals surface area contributed by atoms with Crippen LogP contribution in [0.3, 0.4) is 0 Å². The van der Waals surface area contributed by atoms with E-state index >= 15 is 0 Å². The van der Waals surface area contributed by atoms with Gasteiger partial charge < -0.3 is 4.90 Å². The molecule has 1 fully saturated rings. The lowest BCUT2D eigenvalue weighted by atomic mass is 10.1. The molecule has 1 saturated heterocycles. The van der Waals surface area contributed by atoms with Gasteiger partial charge in [-0.2, -0.15) is 4.91 Å². The minimum atomic E-state index is -0.224. The number of benzene rings is 1. The predicted molar refractivity (Wildman–Crippen MR) is 118 cm³/mol. The second-order valence-electron chi connectivity index (χ2n) is 7.19. The molecule has 1 aromatic carbocycles. The predicted octanol–water partition coefficient (Wildman–Crippen LogP) is 5.50. The molecule has 0 N–H and O–H groups in total. The van der Waals surface area contributed by atoms with Crippen LogP contribution >= 0.6 is 23.1 Å². The van der Waals surface area contributed by atoms with Gasteiger partial charge in [0.05, 0.1) is 4.21 Å². The summed E-state index contributed by atoms with van der Waals surface area (Å²) in [6.07, 6.45) is 1.20. The number of aryl methyl sites for hydroxylation is 1. The second-order valence-corrected chi connectivity index (χ2v) is 9.70. The molecule has 0 saturated carbocycles. The molecule has 27 heavy (non-hydrogen) atoms. The van der Waals surface area contributed by atoms with E-state index in [1.807, 2.05) is 24.8 Å². The van der Waals surface area contributed by atoms with Crippen molar-refractivity contribution in [1.29, 1.82) is 0 Å². The van der Waals surface area contributed by atoms with Crippen LogP contribution in [0.4, 0.5) is 5.69 Å². The summed E-state index contributed by atoms with van der Waals surface area (Å²) < 4.78 is 1.29. The highest BCUT2D eigenvalue weighted by atomic mass is 32.2. The average Bonchev–Trinajstić information content (AvgIpc) is 3.16. The average molecular weight is 404 g/mol. The van der Waals surface area contributed by atoms with E-state index in [9.17, 15) is 4.91 Å². The van der Waals surface area contributed by atoms with Gasteiger partial charge in [-0.05, 0) is 63.1 Å². The van der Waals surface area contributed by atoms with Gasteiger partial charge in [0.25, 0.3) is 0 Å². The molecule has 0 radical (unpaired) electrons. The van der Waals surface area contributed by atoms with Crippen molar-refractivity contribution in [3.8, 4) is 0 Å². The summed E-state index contributed by atoms with van der Waals surface area (Å²) in [5, 5.41) is 3.11. The Labute approximate surface area is 170 Å². The molecule has 2 aromatic rings. The van der Waals surface area contributed by atoms with Gasteiger partial charge in [0.2, 0.25) is 0 Å². The summed E-state index contributed by atoms with van der Waals surface area (Å²) >= 11 is 3.60. The van der Waals surface area contributed by atoms with Crippen LogP contribution in [0, 0.1) is 18.8 Å². The normalized spacial score (nSPS) is 16.5. The zero-order chi connectivity index (χ0) is 19.2. The van der Waals surface area contributed by atoms with Crippen LogP contribution < -0.4 is 4.90 Å². The zero-order valence-electron chi connectivity index (χ0n) is 16.5. The van der Waals surface area contributed by atoms with Crippen LogP contribution in [0.1, 0.15) is 35.4 Å². The molecule has 1 unspecified atom stereocenters. The topological polar surface area (TPSA) is 35.9 Å². The molecule has 4 nitrogen and oxygen atoms in total. The van der Waals surface area contributed by atoms with Gasteiger partial charge in [0, 0.05) is 42.5 Å². The minimum absolute atomic E-state index is 0.224. The van der Waals surface area contributed by atoms with E-state index in [-0.39, 0.29) is 6.04 Å². The standard InChI is InChI=1S/C21H29N3OS2/c1-16-6-4-7-19(17(16)2)24-13-11-23(12-14-24)10-5-15-26-21-9-8-20(27-21)18(3)22-25/h4,6-9,18H,5,10-15H2,1-3H3. The Kier molecular flexibility index (Phi) is 7.33. The number of hydrogen-bond donors (Lipinski definition) is 0. The monoisotopic (exact) mass is 403 g/mol. The number of thioether (sulfide) groups is 1. The molecule has 0 bridgehead atoms. The van der Waals surface area contributed by atoms with Crippen LogP contribution in [-0.2, 0) is 0 Å². The summed E-state index contributed by atoms with van der Waals surface area (Å²) in [5.74, 6) is 1.13. The van der Waals surface area contributed by atoms with Gasteiger partial charge in [-0.1, -0.05) is 17.3 Å². The van der Waals surface area contributed by atoms with Crippen molar-refractivity contribution in [1.82, 2.24) is 4.90 Å². The first-order valence-electron chi connectivity index (χ1n) is 9.67. The van der Waals surface area contributed by atoms with Crippen molar-refractivity contribution >= 4 is 28.8 Å². The summed E-state index contributed by atoms with van der Waals surface area (Å²) in [4.78, 5) is 16.8. The smallest absolute Gasteiger partial charge is 0.123 e. The van der Waals surface area contributed by atoms with Crippen molar-refractivity contribution in [2.45, 2.75) is 37.4 Å². The van der Waals surface area contributed by atoms with Gasteiger partial charge in [-0.25, -0.2) is 0 Å². The molecular weight excluding hydrogens is 374 g/mol. The first-order valence-corrected chi connectivity index (χ1v) is 11.5. The van der Waals surface area contributed by atoms with Crippen LogP contribution in [0.5, 0.6) is 0 Å². The Morgan fingerprint density at radius 2 is 1.93 bits per heavy atom. The first-order chi connectivity index (χ1) is 13.1. The number of nitrogens with zero attached hydrogens (tertiary/aromatic N) is 3. The fourth-order valence-corrected chi connectivity index (χ4v) is 5.57. The molecule has 2 heterocycles. The molecule has 1 aromatic heterocycles. The van der Waals surface area contributed by atoms with E-state index in [0.717, 1.165) is 43.4 Å². The summed E-state index contributed by atoms with van der Waals surface area (Å²) in [6.45, 7) is 12.0. The maximum absolute atomic E-state index is 10.6. The fourth-order valence-electron chi connectivity index (χ4n) is 3.44. The summed E-state index contributed by atoms with van der Waals surface area (Å²) in [6, 6.07) is 10.5. The van der Waals surface area contributed by atoms with E-state index in [1.54, 1.807) is 11.3 Å². The number of hydrogen-bond acceptors (Lipinski definition) is 6. The maximum Gasteiger partial charge on any atom is 0.123 e. The van der Waals surface area contributed by atoms with Crippen molar-refractivity contribution in [2.75, 3.05) is 43.4 Å². The lowest BCUT2D eigenvalue weighted by Gasteiger charge is -2.37. The Hall–Kier alpha value is -1.37. The van der Waals surface area contributed by atoms with Gasteiger partial charge in [-0.15, -0.1) is 23.1 Å². The SMILES string of the molecule is Cc1cccc(N2CCN(CCCSc3ccc(C(C)N=O)s3)CC2)c1C. The Balaban J connectivity index is 1.38. The van der Waals surface area contributed by atoms with Crippen LogP contribution in [0.15, 0.2) is 39.7 Å². The third-order valence-corrected chi connectivity index (χ3v) is 7.89. The van der Waals surface area contributed by atoms with E-state index in [4.69, 9.17) is 0 Å². The molecule has 146 valence electrons. The number of rotatable bonds is 8. The fraction of sp³-hybridized carbons (Fsp3) is 0.524. The number of anilines is 1. The molecule has 1 aliphatic rings. The van der Waals surface area contributed by atoms with Crippen LogP contribution in [0.25, 0.3) is 0 Å². The molecule has 0 aliphatic carbocycles. The van der Waals surface area contributed by atoms with Crippen LogP contribution in [-0.4, -0.2) is 43.4 Å². The third kappa shape index (κ3) is 5.33. The molecule has 1 atom stereocenters. The quantitative estimate of drug-likeness (QED) is 0.331. The number of nitroso groups, excluding NO2 is 1. The Morgan fingerprint density at radius 3 is 2.67 bits per heavy atom. The highest BCUT2D eigenvalue weighted by Gasteiger charge is 2.18. The van der Waals surface area contributed by atoms with E-state index in [1.165, 1.54) is 27.4 Å². The number of piperazine rings is 1. The number of thiophene rings is 1. The van der Waals surface area contributed by atoms with Crippen molar-refractivity contribution < 1.29 is 0 Å². The Morgan fingerprint density at radius 1 is 1.15 bits per heavy atom. The lowest BCUT2D eigenvalue weighted by molar-refractivity contribution is 0.259. The van der Waals surface area contributed by atoms with E-state index in [2.05, 4.69) is 53.1 Å². The highest BCUT2D eigenvalue weighted by Crippen LogP contribution is 2.32. The molecule has 0 amide bonds. The molecule has 6 heteroatoms. The van der Waals surface area contributed by atoms with Crippen molar-refractivity contribution in [3.63, 3.8) is 0 Å². The van der Waals surface area contributed by atoms with Crippen molar-refractivity contribution in [2.24, 2.45) is 5.18 Å². The van der Waals surface area contributed by atoms with Gasteiger partial charge in [0.1, 0.15) is 6.04 Å². The third-order valence-electron chi connectivity index (χ3n) is 5.32. The molecule has 1 aliphatic heterocycles. The van der Waals surface area contributed by atoms with Crippen LogP contribution in [0.2, 0.25) is 0 Å². The second kappa shape index (κ2) is 9.71. The summed E-state index contributed by atoms with van der Waals surface area (Å²) in [7, 11) is 0. The zero-order valence-corrected chi connectivity index (χ0v) is 18.1.